The van der Waals surface area contributed by atoms with Gasteiger partial charge in [-0.1, -0.05) is 48.5 Å². The lowest BCUT2D eigenvalue weighted by Gasteiger charge is -2.21. The van der Waals surface area contributed by atoms with Crippen LogP contribution in [0.25, 0.3) is 22.2 Å². The Kier molecular flexibility index (Phi) is 4.14. The zero-order valence-electron chi connectivity index (χ0n) is 15.4. The fourth-order valence-corrected chi connectivity index (χ4v) is 4.08. The third-order valence-corrected chi connectivity index (χ3v) is 5.39. The first-order valence-electron chi connectivity index (χ1n) is 9.41. The second-order valence-electron chi connectivity index (χ2n) is 7.21. The van der Waals surface area contributed by atoms with Crippen LogP contribution in [0.1, 0.15) is 23.0 Å². The van der Waals surface area contributed by atoms with E-state index in [1.165, 1.54) is 12.1 Å². The second kappa shape index (κ2) is 6.83. The van der Waals surface area contributed by atoms with Gasteiger partial charge in [-0.25, -0.2) is 9.37 Å². The fourth-order valence-electron chi connectivity index (χ4n) is 4.08. The van der Waals surface area contributed by atoms with Gasteiger partial charge >= 0.3 is 5.97 Å². The number of carbonyl (C=O) groups is 1. The summed E-state index contributed by atoms with van der Waals surface area (Å²) in [5.74, 6) is -0.816. The maximum absolute atomic E-state index is 13.4. The van der Waals surface area contributed by atoms with Crippen LogP contribution in [0.2, 0.25) is 0 Å². The molecule has 1 aliphatic rings. The molecule has 5 rings (SSSR count). The van der Waals surface area contributed by atoms with Gasteiger partial charge in [-0.15, -0.1) is 0 Å². The van der Waals surface area contributed by atoms with Crippen LogP contribution in [-0.4, -0.2) is 27.1 Å². The number of carboxylic acid groups (broad SMARTS) is 1. The molecule has 0 spiro atoms. The highest BCUT2D eigenvalue weighted by Crippen LogP contribution is 2.43. The fraction of sp³-hybridized carbons (Fsp3) is 0.130. The molecule has 0 fully saturated rings. The summed E-state index contributed by atoms with van der Waals surface area (Å²) >= 11 is 0. The summed E-state index contributed by atoms with van der Waals surface area (Å²) in [4.78, 5) is 19.5. The number of carboxylic acids is 1. The monoisotopic (exact) mass is 387 g/mol. The van der Waals surface area contributed by atoms with E-state index in [2.05, 4.69) is 27.4 Å². The zero-order chi connectivity index (χ0) is 20.0. The van der Waals surface area contributed by atoms with Gasteiger partial charge in [0.25, 0.3) is 0 Å². The molecular weight excluding hydrogens is 369 g/mol. The first-order chi connectivity index (χ1) is 14.1. The van der Waals surface area contributed by atoms with E-state index in [9.17, 15) is 14.3 Å². The SMILES string of the molecule is O=C(O)[C@@H](Cc1nc2ccc(F)cc2[nH]1)NC1c2ccccc2-c2ccccc21. The van der Waals surface area contributed by atoms with E-state index in [1.54, 1.807) is 6.07 Å². The standard InChI is InChI=1S/C23H18FN3O2/c24-13-9-10-18-19(11-13)26-21(25-18)12-20(23(28)29)27-22-16-7-3-1-5-14(16)15-6-2-4-8-17(15)22/h1-11,20,22,27H,12H2,(H,25,26)(H,28,29)/t20-/m1/s1. The molecule has 0 bridgehead atoms. The van der Waals surface area contributed by atoms with Gasteiger partial charge in [0, 0.05) is 6.42 Å². The third-order valence-electron chi connectivity index (χ3n) is 5.39. The van der Waals surface area contributed by atoms with Crippen molar-refractivity contribution in [3.63, 3.8) is 0 Å². The summed E-state index contributed by atoms with van der Waals surface area (Å²) in [6, 6.07) is 19.3. The van der Waals surface area contributed by atoms with Crippen molar-refractivity contribution in [1.82, 2.24) is 15.3 Å². The summed E-state index contributed by atoms with van der Waals surface area (Å²) < 4.78 is 13.4. The quantitative estimate of drug-likeness (QED) is 0.483. The van der Waals surface area contributed by atoms with Crippen LogP contribution < -0.4 is 5.32 Å². The van der Waals surface area contributed by atoms with Crippen LogP contribution in [0.4, 0.5) is 4.39 Å². The van der Waals surface area contributed by atoms with Crippen molar-refractivity contribution in [2.45, 2.75) is 18.5 Å². The number of hydrogen-bond donors (Lipinski definition) is 3. The van der Waals surface area contributed by atoms with E-state index in [0.29, 0.717) is 16.9 Å². The van der Waals surface area contributed by atoms with Crippen molar-refractivity contribution in [3.05, 3.63) is 89.5 Å². The van der Waals surface area contributed by atoms with Gasteiger partial charge < -0.3 is 10.1 Å². The number of fused-ring (bicyclic) bond motifs is 4. The smallest absolute Gasteiger partial charge is 0.321 e. The highest BCUT2D eigenvalue weighted by Gasteiger charge is 2.32. The molecule has 1 atom stereocenters. The Morgan fingerprint density at radius 3 is 2.38 bits per heavy atom. The molecule has 0 amide bonds. The van der Waals surface area contributed by atoms with Crippen molar-refractivity contribution in [2.24, 2.45) is 0 Å². The molecule has 3 N–H and O–H groups in total. The predicted octanol–water partition coefficient (Wildman–Crippen LogP) is 4.06. The number of hydrogen-bond acceptors (Lipinski definition) is 3. The van der Waals surface area contributed by atoms with Gasteiger partial charge in [0.15, 0.2) is 0 Å². The Morgan fingerprint density at radius 1 is 1.07 bits per heavy atom. The number of halogens is 1. The topological polar surface area (TPSA) is 78.0 Å². The Labute approximate surface area is 166 Å². The summed E-state index contributed by atoms with van der Waals surface area (Å²) in [6.45, 7) is 0. The molecule has 0 unspecified atom stereocenters. The predicted molar refractivity (Wildman–Crippen MR) is 108 cm³/mol. The minimum absolute atomic E-state index is 0.159. The molecule has 6 heteroatoms. The highest BCUT2D eigenvalue weighted by atomic mass is 19.1. The van der Waals surface area contributed by atoms with E-state index in [0.717, 1.165) is 22.3 Å². The number of rotatable bonds is 5. The first kappa shape index (κ1) is 17.6. The van der Waals surface area contributed by atoms with Gasteiger partial charge in [0.1, 0.15) is 17.7 Å². The molecule has 4 aromatic rings. The summed E-state index contributed by atoms with van der Waals surface area (Å²) in [6.07, 6.45) is 0.159. The Hall–Kier alpha value is -3.51. The Morgan fingerprint density at radius 2 is 1.72 bits per heavy atom. The first-order valence-corrected chi connectivity index (χ1v) is 9.41. The molecule has 0 saturated heterocycles. The maximum atomic E-state index is 13.4. The summed E-state index contributed by atoms with van der Waals surface area (Å²) in [5.41, 5.74) is 5.52. The lowest BCUT2D eigenvalue weighted by atomic mass is 10.0. The van der Waals surface area contributed by atoms with Gasteiger partial charge in [-0.2, -0.15) is 0 Å². The average Bonchev–Trinajstić information content (AvgIpc) is 3.26. The summed E-state index contributed by atoms with van der Waals surface area (Å²) in [7, 11) is 0. The van der Waals surface area contributed by atoms with E-state index < -0.39 is 12.0 Å². The van der Waals surface area contributed by atoms with Crippen molar-refractivity contribution < 1.29 is 14.3 Å². The van der Waals surface area contributed by atoms with Crippen molar-refractivity contribution >= 4 is 17.0 Å². The van der Waals surface area contributed by atoms with Gasteiger partial charge in [-0.3, -0.25) is 10.1 Å². The third kappa shape index (κ3) is 3.07. The number of nitrogens with zero attached hydrogens (tertiary/aromatic N) is 1. The minimum atomic E-state index is -0.960. The molecular formula is C23H18FN3O2. The Balaban J connectivity index is 1.47. The molecule has 1 aliphatic carbocycles. The van der Waals surface area contributed by atoms with E-state index >= 15 is 0 Å². The Bertz CT molecular complexity index is 1190. The van der Waals surface area contributed by atoms with Crippen LogP contribution >= 0.6 is 0 Å². The van der Waals surface area contributed by atoms with Crippen LogP contribution in [-0.2, 0) is 11.2 Å². The normalized spacial score (nSPS) is 14.0. The van der Waals surface area contributed by atoms with E-state index in [-0.39, 0.29) is 18.3 Å². The molecule has 5 nitrogen and oxygen atoms in total. The summed E-state index contributed by atoms with van der Waals surface area (Å²) in [5, 5.41) is 13.1. The van der Waals surface area contributed by atoms with Crippen molar-refractivity contribution in [3.8, 4) is 11.1 Å². The number of aromatic amines is 1. The molecule has 3 aromatic carbocycles. The lowest BCUT2D eigenvalue weighted by molar-refractivity contribution is -0.139. The zero-order valence-corrected chi connectivity index (χ0v) is 15.4. The number of benzene rings is 3. The molecule has 1 aromatic heterocycles. The average molecular weight is 387 g/mol. The number of H-pyrrole nitrogens is 1. The largest absolute Gasteiger partial charge is 0.480 e. The highest BCUT2D eigenvalue weighted by molar-refractivity contribution is 5.80. The van der Waals surface area contributed by atoms with E-state index in [1.807, 2.05) is 36.4 Å². The molecule has 144 valence electrons. The lowest BCUT2D eigenvalue weighted by Crippen LogP contribution is -2.41. The van der Waals surface area contributed by atoms with Crippen molar-refractivity contribution in [2.75, 3.05) is 0 Å². The molecule has 0 aliphatic heterocycles. The van der Waals surface area contributed by atoms with Gasteiger partial charge in [-0.05, 0) is 40.5 Å². The maximum Gasteiger partial charge on any atom is 0.321 e. The van der Waals surface area contributed by atoms with Crippen LogP contribution in [0, 0.1) is 5.82 Å². The number of imidazole rings is 1. The molecule has 0 saturated carbocycles. The van der Waals surface area contributed by atoms with Crippen LogP contribution in [0.15, 0.2) is 66.7 Å². The van der Waals surface area contributed by atoms with Gasteiger partial charge in [0.05, 0.1) is 17.1 Å². The van der Waals surface area contributed by atoms with Crippen LogP contribution in [0.3, 0.4) is 0 Å². The number of aromatic nitrogens is 2. The van der Waals surface area contributed by atoms with Gasteiger partial charge in [0.2, 0.25) is 0 Å². The number of nitrogens with one attached hydrogen (secondary N) is 2. The second-order valence-corrected chi connectivity index (χ2v) is 7.21. The molecule has 29 heavy (non-hydrogen) atoms. The van der Waals surface area contributed by atoms with Crippen molar-refractivity contribution in [1.29, 1.82) is 0 Å². The molecule has 0 radical (unpaired) electrons. The minimum Gasteiger partial charge on any atom is -0.480 e. The molecule has 1 heterocycles. The van der Waals surface area contributed by atoms with E-state index in [4.69, 9.17) is 0 Å². The number of aliphatic carboxylic acids is 1. The van der Waals surface area contributed by atoms with Crippen LogP contribution in [0.5, 0.6) is 0 Å².